The molecule has 1 saturated heterocycles. The van der Waals surface area contributed by atoms with Crippen LogP contribution in [0, 0.1) is 0 Å². The number of amides is 1. The first-order valence-corrected chi connectivity index (χ1v) is 8.05. The number of ether oxygens (including phenoxy) is 2. The van der Waals surface area contributed by atoms with Crippen LogP contribution in [0.5, 0.6) is 0 Å². The summed E-state index contributed by atoms with van der Waals surface area (Å²) in [6.07, 6.45) is -0.416. The van der Waals surface area contributed by atoms with Gasteiger partial charge in [0.05, 0.1) is 18.8 Å². The van der Waals surface area contributed by atoms with Crippen molar-refractivity contribution in [2.24, 2.45) is 0 Å². The van der Waals surface area contributed by atoms with Crippen LogP contribution in [0.4, 0.5) is 4.79 Å². The largest absolute Gasteiger partial charge is 0.465 e. The molecule has 1 N–H and O–H groups in total. The maximum atomic E-state index is 12.2. The number of rotatable bonds is 2. The lowest BCUT2D eigenvalue weighted by molar-refractivity contribution is 0.00407. The van der Waals surface area contributed by atoms with Crippen LogP contribution >= 0.6 is 0 Å². The predicted octanol–water partition coefficient (Wildman–Crippen LogP) is 2.56. The van der Waals surface area contributed by atoms with Crippen LogP contribution in [0.1, 0.15) is 49.0 Å². The highest BCUT2D eigenvalue weighted by molar-refractivity contribution is 5.89. The lowest BCUT2D eigenvalue weighted by Gasteiger charge is -2.37. The first kappa shape index (κ1) is 18.3. The standard InChI is InChI=1S/C18H25NO5/c1-18(2,3)24-17(22)19-10-9-15(20)14(11-19)12-5-7-13(8-6-12)16(21)23-4/h5-8,14-15,20H,9-11H2,1-4H3/t14-,15-/m0/s1. The van der Waals surface area contributed by atoms with E-state index in [4.69, 9.17) is 4.74 Å². The lowest BCUT2D eigenvalue weighted by atomic mass is 9.88. The van der Waals surface area contributed by atoms with Crippen molar-refractivity contribution in [1.82, 2.24) is 4.90 Å². The smallest absolute Gasteiger partial charge is 0.410 e. The van der Waals surface area contributed by atoms with Crippen LogP contribution in [0.2, 0.25) is 0 Å². The molecular weight excluding hydrogens is 310 g/mol. The molecule has 1 aliphatic rings. The van der Waals surface area contributed by atoms with Crippen LogP contribution in [0.3, 0.4) is 0 Å². The number of hydrogen-bond acceptors (Lipinski definition) is 5. The van der Waals surface area contributed by atoms with Gasteiger partial charge in [-0.15, -0.1) is 0 Å². The van der Waals surface area contributed by atoms with Gasteiger partial charge in [0.15, 0.2) is 0 Å². The molecule has 1 aliphatic heterocycles. The van der Waals surface area contributed by atoms with Crippen LogP contribution < -0.4 is 0 Å². The monoisotopic (exact) mass is 335 g/mol. The Hall–Kier alpha value is -2.08. The van der Waals surface area contributed by atoms with E-state index < -0.39 is 17.7 Å². The molecule has 2 rings (SSSR count). The molecule has 2 atom stereocenters. The second-order valence-corrected chi connectivity index (χ2v) is 7.00. The average Bonchev–Trinajstić information content (AvgIpc) is 2.53. The highest BCUT2D eigenvalue weighted by Gasteiger charge is 2.33. The van der Waals surface area contributed by atoms with E-state index in [2.05, 4.69) is 4.74 Å². The number of esters is 1. The van der Waals surface area contributed by atoms with Crippen molar-refractivity contribution in [1.29, 1.82) is 0 Å². The van der Waals surface area contributed by atoms with Gasteiger partial charge in [-0.25, -0.2) is 9.59 Å². The molecule has 1 heterocycles. The zero-order valence-electron chi connectivity index (χ0n) is 14.6. The molecule has 0 unspecified atom stereocenters. The average molecular weight is 335 g/mol. The Bertz CT molecular complexity index is 590. The van der Waals surface area contributed by atoms with Crippen molar-refractivity contribution in [3.63, 3.8) is 0 Å². The molecule has 0 aliphatic carbocycles. The van der Waals surface area contributed by atoms with E-state index in [-0.39, 0.29) is 12.0 Å². The minimum absolute atomic E-state index is 0.210. The van der Waals surface area contributed by atoms with Crippen LogP contribution in [0.15, 0.2) is 24.3 Å². The number of piperidine rings is 1. The van der Waals surface area contributed by atoms with E-state index >= 15 is 0 Å². The van der Waals surface area contributed by atoms with Gasteiger partial charge in [-0.05, 0) is 44.9 Å². The molecule has 1 amide bonds. The maximum absolute atomic E-state index is 12.2. The predicted molar refractivity (Wildman–Crippen MR) is 89.0 cm³/mol. The normalized spacial score (nSPS) is 21.3. The number of carbonyl (C=O) groups excluding carboxylic acids is 2. The molecule has 24 heavy (non-hydrogen) atoms. The fraction of sp³-hybridized carbons (Fsp3) is 0.556. The Morgan fingerprint density at radius 1 is 1.21 bits per heavy atom. The first-order valence-electron chi connectivity index (χ1n) is 8.05. The van der Waals surface area contributed by atoms with Gasteiger partial charge in [0.25, 0.3) is 0 Å². The first-order chi connectivity index (χ1) is 11.2. The second-order valence-electron chi connectivity index (χ2n) is 7.00. The minimum Gasteiger partial charge on any atom is -0.465 e. The molecule has 132 valence electrons. The van der Waals surface area contributed by atoms with E-state index in [1.54, 1.807) is 29.2 Å². The fourth-order valence-electron chi connectivity index (χ4n) is 2.74. The molecular formula is C18H25NO5. The molecule has 1 aromatic rings. The molecule has 0 aromatic heterocycles. The summed E-state index contributed by atoms with van der Waals surface area (Å²) in [5.41, 5.74) is 0.782. The molecule has 1 fully saturated rings. The van der Waals surface area contributed by atoms with E-state index in [1.165, 1.54) is 7.11 Å². The second kappa shape index (κ2) is 7.21. The van der Waals surface area contributed by atoms with Gasteiger partial charge >= 0.3 is 12.1 Å². The Kier molecular flexibility index (Phi) is 5.49. The highest BCUT2D eigenvalue weighted by atomic mass is 16.6. The van der Waals surface area contributed by atoms with Gasteiger partial charge in [0.2, 0.25) is 0 Å². The Balaban J connectivity index is 2.11. The molecule has 1 aromatic carbocycles. The maximum Gasteiger partial charge on any atom is 0.410 e. The highest BCUT2D eigenvalue weighted by Crippen LogP contribution is 2.28. The SMILES string of the molecule is COC(=O)c1ccc([C@@H]2CN(C(=O)OC(C)(C)C)CC[C@@H]2O)cc1. The summed E-state index contributed by atoms with van der Waals surface area (Å²) in [6, 6.07) is 6.91. The molecule has 0 radical (unpaired) electrons. The summed E-state index contributed by atoms with van der Waals surface area (Å²) in [7, 11) is 1.33. The summed E-state index contributed by atoms with van der Waals surface area (Å²) in [6.45, 7) is 6.33. The summed E-state index contributed by atoms with van der Waals surface area (Å²) in [5, 5.41) is 10.3. The van der Waals surface area contributed by atoms with Crippen molar-refractivity contribution in [2.45, 2.75) is 44.8 Å². The van der Waals surface area contributed by atoms with Crippen molar-refractivity contribution >= 4 is 12.1 Å². The van der Waals surface area contributed by atoms with Gasteiger partial charge < -0.3 is 19.5 Å². The van der Waals surface area contributed by atoms with E-state index in [0.29, 0.717) is 25.1 Å². The van der Waals surface area contributed by atoms with Crippen molar-refractivity contribution < 1.29 is 24.2 Å². The minimum atomic E-state index is -0.551. The third-order valence-corrected chi connectivity index (χ3v) is 3.99. The number of aliphatic hydroxyl groups is 1. The van der Waals surface area contributed by atoms with Gasteiger partial charge in [-0.1, -0.05) is 12.1 Å². The summed E-state index contributed by atoms with van der Waals surface area (Å²) in [4.78, 5) is 25.4. The van der Waals surface area contributed by atoms with Gasteiger partial charge in [0, 0.05) is 19.0 Å². The lowest BCUT2D eigenvalue weighted by Crippen LogP contribution is -2.46. The van der Waals surface area contributed by atoms with Gasteiger partial charge in [-0.2, -0.15) is 0 Å². The van der Waals surface area contributed by atoms with Crippen molar-refractivity contribution in [2.75, 3.05) is 20.2 Å². The van der Waals surface area contributed by atoms with Crippen LogP contribution in [-0.2, 0) is 9.47 Å². The van der Waals surface area contributed by atoms with Gasteiger partial charge in [0.1, 0.15) is 5.60 Å². The Morgan fingerprint density at radius 3 is 2.38 bits per heavy atom. The van der Waals surface area contributed by atoms with Crippen LogP contribution in [-0.4, -0.2) is 54.0 Å². The summed E-state index contributed by atoms with van der Waals surface area (Å²) < 4.78 is 10.1. The molecule has 0 spiro atoms. The number of nitrogens with zero attached hydrogens (tertiary/aromatic N) is 1. The fourth-order valence-corrected chi connectivity index (χ4v) is 2.74. The molecule has 6 nitrogen and oxygen atoms in total. The molecule has 6 heteroatoms. The quantitative estimate of drug-likeness (QED) is 0.841. The van der Waals surface area contributed by atoms with E-state index in [9.17, 15) is 14.7 Å². The third-order valence-electron chi connectivity index (χ3n) is 3.99. The van der Waals surface area contributed by atoms with Crippen molar-refractivity contribution in [3.05, 3.63) is 35.4 Å². The zero-order chi connectivity index (χ0) is 17.9. The number of carbonyl (C=O) groups is 2. The van der Waals surface area contributed by atoms with E-state index in [0.717, 1.165) is 5.56 Å². The molecule has 0 bridgehead atoms. The number of benzene rings is 1. The summed E-state index contributed by atoms with van der Waals surface area (Å²) >= 11 is 0. The number of likely N-dealkylation sites (tertiary alicyclic amines) is 1. The molecule has 0 saturated carbocycles. The Morgan fingerprint density at radius 2 is 1.83 bits per heavy atom. The van der Waals surface area contributed by atoms with E-state index in [1.807, 2.05) is 20.8 Å². The van der Waals surface area contributed by atoms with Crippen molar-refractivity contribution in [3.8, 4) is 0 Å². The third kappa shape index (κ3) is 4.47. The zero-order valence-corrected chi connectivity index (χ0v) is 14.6. The Labute approximate surface area is 142 Å². The van der Waals surface area contributed by atoms with Crippen LogP contribution in [0.25, 0.3) is 0 Å². The topological polar surface area (TPSA) is 76.1 Å². The number of methoxy groups -OCH3 is 1. The number of aliphatic hydroxyl groups excluding tert-OH is 1. The number of hydrogen-bond donors (Lipinski definition) is 1. The summed E-state index contributed by atoms with van der Waals surface area (Å²) in [5.74, 6) is -0.612. The van der Waals surface area contributed by atoms with Gasteiger partial charge in [-0.3, -0.25) is 0 Å².